The fraction of sp³-hybridized carbons (Fsp3) is 0.258. The van der Waals surface area contributed by atoms with Gasteiger partial charge in [-0.1, -0.05) is 24.3 Å². The lowest BCUT2D eigenvalue weighted by molar-refractivity contribution is -0.117. The van der Waals surface area contributed by atoms with Crippen LogP contribution in [0, 0.1) is 12.8 Å². The molecule has 0 radical (unpaired) electrons. The van der Waals surface area contributed by atoms with E-state index in [2.05, 4.69) is 36.1 Å². The van der Waals surface area contributed by atoms with Gasteiger partial charge in [0.05, 0.1) is 30.7 Å². The molecule has 5 rings (SSSR count). The van der Waals surface area contributed by atoms with E-state index >= 15 is 0 Å². The normalized spacial score (nSPS) is 12.3. The Hall–Kier alpha value is -5.39. The molecule has 3 heterocycles. The van der Waals surface area contributed by atoms with Gasteiger partial charge in [-0.25, -0.2) is 0 Å². The Morgan fingerprint density at radius 2 is 1.81 bits per heavy atom. The van der Waals surface area contributed by atoms with Gasteiger partial charge >= 0.3 is 0 Å². The molecule has 0 bridgehead atoms. The van der Waals surface area contributed by atoms with E-state index in [0.717, 1.165) is 29.7 Å². The summed E-state index contributed by atoms with van der Waals surface area (Å²) in [6.07, 6.45) is 5.07. The molecule has 1 aromatic carbocycles. The maximum atomic E-state index is 13.0. The topological polar surface area (TPSA) is 151 Å². The zero-order chi connectivity index (χ0) is 30.5. The summed E-state index contributed by atoms with van der Waals surface area (Å²) >= 11 is 0. The summed E-state index contributed by atoms with van der Waals surface area (Å²) in [5, 5.41) is 16.6. The molecule has 1 saturated carbocycles. The van der Waals surface area contributed by atoms with Crippen LogP contribution in [0.15, 0.2) is 60.9 Å². The number of aromatic nitrogens is 4. The second-order valence-corrected chi connectivity index (χ2v) is 10.3. The first-order valence-electron chi connectivity index (χ1n) is 13.8. The number of carbonyl (C=O) groups excluding carboxylic acids is 3. The van der Waals surface area contributed by atoms with Gasteiger partial charge in [-0.15, -0.1) is 10.2 Å². The van der Waals surface area contributed by atoms with E-state index in [4.69, 9.17) is 4.74 Å². The van der Waals surface area contributed by atoms with Gasteiger partial charge in [-0.2, -0.15) is 0 Å². The van der Waals surface area contributed by atoms with Gasteiger partial charge in [0.1, 0.15) is 11.4 Å². The fourth-order valence-corrected chi connectivity index (χ4v) is 4.42. The summed E-state index contributed by atoms with van der Waals surface area (Å²) in [5.41, 5.74) is 4.49. The molecule has 3 N–H and O–H groups in total. The highest BCUT2D eigenvalue weighted by atomic mass is 16.5. The third-order valence-corrected chi connectivity index (χ3v) is 6.94. The Kier molecular flexibility index (Phi) is 8.56. The van der Waals surface area contributed by atoms with Crippen molar-refractivity contribution in [1.82, 2.24) is 30.4 Å². The highest BCUT2D eigenvalue weighted by Gasteiger charge is 2.30. The number of aryl methyl sites for hydroxylation is 1. The van der Waals surface area contributed by atoms with Crippen molar-refractivity contribution >= 4 is 34.9 Å². The Morgan fingerprint density at radius 3 is 2.47 bits per heavy atom. The molecule has 1 aliphatic rings. The maximum absolute atomic E-state index is 13.0. The number of rotatable bonds is 10. The Morgan fingerprint density at radius 1 is 1.00 bits per heavy atom. The summed E-state index contributed by atoms with van der Waals surface area (Å²) < 4.78 is 5.78. The van der Waals surface area contributed by atoms with Crippen LogP contribution in [0.1, 0.15) is 45.1 Å². The number of nitrogens with one attached hydrogen (secondary N) is 3. The minimum Gasteiger partial charge on any atom is -0.494 e. The minimum atomic E-state index is -0.447. The van der Waals surface area contributed by atoms with Crippen LogP contribution in [0.25, 0.3) is 11.1 Å². The van der Waals surface area contributed by atoms with Crippen LogP contribution in [0.3, 0.4) is 0 Å². The Balaban J connectivity index is 1.38. The monoisotopic (exact) mass is 580 g/mol. The van der Waals surface area contributed by atoms with E-state index in [1.54, 1.807) is 48.6 Å². The van der Waals surface area contributed by atoms with Gasteiger partial charge in [0.2, 0.25) is 5.91 Å². The van der Waals surface area contributed by atoms with Crippen LogP contribution in [-0.4, -0.2) is 64.0 Å². The number of ether oxygens (including phenoxy) is 1. The van der Waals surface area contributed by atoms with E-state index in [0.29, 0.717) is 34.9 Å². The van der Waals surface area contributed by atoms with Crippen LogP contribution in [0.5, 0.6) is 5.75 Å². The van der Waals surface area contributed by atoms with Gasteiger partial charge in [0.15, 0.2) is 11.5 Å². The second kappa shape index (κ2) is 12.6. The van der Waals surface area contributed by atoms with Crippen molar-refractivity contribution in [1.29, 1.82) is 0 Å². The van der Waals surface area contributed by atoms with Gasteiger partial charge in [0, 0.05) is 49.6 Å². The van der Waals surface area contributed by atoms with Crippen molar-refractivity contribution in [2.45, 2.75) is 26.3 Å². The van der Waals surface area contributed by atoms with E-state index in [1.165, 1.54) is 14.2 Å². The van der Waals surface area contributed by atoms with Crippen LogP contribution in [0.2, 0.25) is 0 Å². The van der Waals surface area contributed by atoms with Crippen molar-refractivity contribution in [3.05, 3.63) is 83.6 Å². The highest BCUT2D eigenvalue weighted by molar-refractivity contribution is 6.00. The van der Waals surface area contributed by atoms with Crippen molar-refractivity contribution in [3.63, 3.8) is 0 Å². The van der Waals surface area contributed by atoms with Gasteiger partial charge in [0.25, 0.3) is 11.8 Å². The Bertz CT molecular complexity index is 1650. The molecule has 1 aliphatic carbocycles. The van der Waals surface area contributed by atoms with E-state index in [9.17, 15) is 14.4 Å². The molecule has 12 heteroatoms. The van der Waals surface area contributed by atoms with Crippen LogP contribution >= 0.6 is 0 Å². The van der Waals surface area contributed by atoms with Crippen molar-refractivity contribution in [2.75, 3.05) is 31.8 Å². The summed E-state index contributed by atoms with van der Waals surface area (Å²) in [6, 6.07) is 14.4. The molecule has 220 valence electrons. The molecule has 1 fully saturated rings. The number of carbonyl (C=O) groups is 3. The molecule has 43 heavy (non-hydrogen) atoms. The SMILES string of the molecule is CNC(=O)c1nnc(NC(=O)C2CC2)cc1Nc1cccc(-c2ccc(C(=O)N(C)Cc3ccc(C)cn3)nc2)c1OC. The minimum absolute atomic E-state index is 0.0190. The lowest BCUT2D eigenvalue weighted by Gasteiger charge is -2.18. The number of para-hydroxylation sites is 1. The molecule has 0 saturated heterocycles. The lowest BCUT2D eigenvalue weighted by atomic mass is 10.0. The third kappa shape index (κ3) is 6.75. The second-order valence-electron chi connectivity index (χ2n) is 10.3. The van der Waals surface area contributed by atoms with E-state index in [1.807, 2.05) is 31.2 Å². The summed E-state index contributed by atoms with van der Waals surface area (Å²) in [5.74, 6) is -0.107. The van der Waals surface area contributed by atoms with Crippen molar-refractivity contribution < 1.29 is 19.1 Å². The highest BCUT2D eigenvalue weighted by Crippen LogP contribution is 2.38. The van der Waals surface area contributed by atoms with Crippen LogP contribution in [-0.2, 0) is 11.3 Å². The van der Waals surface area contributed by atoms with E-state index in [-0.39, 0.29) is 29.2 Å². The van der Waals surface area contributed by atoms with Gasteiger partial charge < -0.3 is 25.6 Å². The Labute approximate surface area is 248 Å². The maximum Gasteiger partial charge on any atom is 0.273 e. The quantitative estimate of drug-likeness (QED) is 0.253. The first kappa shape index (κ1) is 29.1. The number of amides is 3. The summed E-state index contributed by atoms with van der Waals surface area (Å²) in [7, 11) is 4.74. The molecule has 0 atom stereocenters. The molecule has 0 unspecified atom stereocenters. The number of pyridine rings is 2. The van der Waals surface area contributed by atoms with Crippen LogP contribution < -0.4 is 20.7 Å². The summed E-state index contributed by atoms with van der Waals surface area (Å²) in [4.78, 5) is 48.2. The van der Waals surface area contributed by atoms with Crippen molar-refractivity contribution in [3.8, 4) is 16.9 Å². The zero-order valence-corrected chi connectivity index (χ0v) is 24.3. The zero-order valence-electron chi connectivity index (χ0n) is 24.3. The number of hydrogen-bond donors (Lipinski definition) is 3. The largest absolute Gasteiger partial charge is 0.494 e. The average Bonchev–Trinajstić information content (AvgIpc) is 3.88. The van der Waals surface area contributed by atoms with E-state index < -0.39 is 5.91 Å². The number of hydrogen-bond acceptors (Lipinski definition) is 9. The number of benzene rings is 1. The first-order chi connectivity index (χ1) is 20.8. The first-order valence-corrected chi connectivity index (χ1v) is 13.8. The molecule has 12 nitrogen and oxygen atoms in total. The molecular formula is C31H32N8O4. The molecule has 0 spiro atoms. The molecule has 3 amide bonds. The molecular weight excluding hydrogens is 548 g/mol. The predicted octanol–water partition coefficient (Wildman–Crippen LogP) is 3.97. The summed E-state index contributed by atoms with van der Waals surface area (Å²) in [6.45, 7) is 2.32. The van der Waals surface area contributed by atoms with Gasteiger partial charge in [-0.05, 0) is 43.5 Å². The molecule has 0 aliphatic heterocycles. The standard InChI is InChI=1S/C31H32N8O4/c1-18-8-12-21(33-15-18)17-39(3)31(42)24-13-11-20(16-34-24)22-6-5-7-23(28(22)43-4)35-25-14-26(36-29(40)19-9-10-19)37-38-27(25)30(41)32-2/h5-8,11-16,19H,9-10,17H2,1-4H3,(H,32,41)(H2,35,36,37,40). The fourth-order valence-electron chi connectivity index (χ4n) is 4.42. The third-order valence-electron chi connectivity index (χ3n) is 6.94. The number of methoxy groups -OCH3 is 1. The smallest absolute Gasteiger partial charge is 0.273 e. The van der Waals surface area contributed by atoms with Crippen molar-refractivity contribution in [2.24, 2.45) is 5.92 Å². The van der Waals surface area contributed by atoms with Crippen LogP contribution in [0.4, 0.5) is 17.2 Å². The average molecular weight is 581 g/mol. The number of anilines is 3. The predicted molar refractivity (Wildman–Crippen MR) is 161 cm³/mol. The lowest BCUT2D eigenvalue weighted by Crippen LogP contribution is -2.27. The molecule has 4 aromatic rings. The van der Waals surface area contributed by atoms with Gasteiger partial charge in [-0.3, -0.25) is 24.4 Å². The number of nitrogens with zero attached hydrogens (tertiary/aromatic N) is 5. The molecule has 3 aromatic heterocycles.